The summed E-state index contributed by atoms with van der Waals surface area (Å²) >= 11 is 5.98. The molecule has 82 valence electrons. The maximum atomic E-state index is 5.98. The molecular weight excluding hydrogens is 212 g/mol. The Morgan fingerprint density at radius 2 is 2.47 bits per heavy atom. The maximum absolute atomic E-state index is 5.98. The number of nitrogens with zero attached hydrogens (tertiary/aromatic N) is 1. The molecule has 1 N–H and O–H groups in total. The van der Waals surface area contributed by atoms with Crippen LogP contribution in [0.4, 0.5) is 0 Å². The van der Waals surface area contributed by atoms with Gasteiger partial charge in [0.15, 0.2) is 0 Å². The van der Waals surface area contributed by atoms with Crippen LogP contribution in [0.2, 0.25) is 5.02 Å². The van der Waals surface area contributed by atoms with Crippen molar-refractivity contribution in [2.75, 3.05) is 6.54 Å². The molecular formula is C11H15ClN2O. The Bertz CT molecular complexity index is 332. The number of aromatic nitrogens is 1. The summed E-state index contributed by atoms with van der Waals surface area (Å²) in [6, 6.07) is 4.11. The molecule has 2 heterocycles. The Morgan fingerprint density at radius 1 is 1.60 bits per heavy atom. The van der Waals surface area contributed by atoms with Gasteiger partial charge in [0.05, 0.1) is 0 Å². The predicted molar refractivity (Wildman–Crippen MR) is 60.4 cm³/mol. The minimum absolute atomic E-state index is 0.230. The number of nitrogens with one attached hydrogen (secondary N) is 1. The quantitative estimate of drug-likeness (QED) is 0.840. The summed E-state index contributed by atoms with van der Waals surface area (Å²) in [6.45, 7) is 3.16. The molecule has 0 aliphatic carbocycles. The van der Waals surface area contributed by atoms with Gasteiger partial charge < -0.3 is 10.1 Å². The average Bonchev–Trinajstić information content (AvgIpc) is 2.22. The van der Waals surface area contributed by atoms with Crippen molar-refractivity contribution in [2.24, 2.45) is 0 Å². The predicted octanol–water partition coefficient (Wildman–Crippen LogP) is 2.25. The molecule has 0 spiro atoms. The van der Waals surface area contributed by atoms with Crippen LogP contribution in [0.3, 0.4) is 0 Å². The number of piperidine rings is 1. The second-order valence-electron chi connectivity index (χ2n) is 3.91. The van der Waals surface area contributed by atoms with Gasteiger partial charge in [-0.1, -0.05) is 11.6 Å². The van der Waals surface area contributed by atoms with Crippen molar-refractivity contribution in [3.05, 3.63) is 23.4 Å². The fourth-order valence-electron chi connectivity index (χ4n) is 1.81. The summed E-state index contributed by atoms with van der Waals surface area (Å²) in [5, 5.41) is 3.97. The zero-order valence-corrected chi connectivity index (χ0v) is 9.50. The Morgan fingerprint density at radius 3 is 3.20 bits per heavy atom. The smallest absolute Gasteiger partial charge is 0.232 e. The number of ether oxygens (including phenoxy) is 1. The summed E-state index contributed by atoms with van der Waals surface area (Å²) < 4.78 is 5.77. The fourth-order valence-corrected chi connectivity index (χ4v) is 1.98. The van der Waals surface area contributed by atoms with Gasteiger partial charge in [0, 0.05) is 12.2 Å². The van der Waals surface area contributed by atoms with Gasteiger partial charge >= 0.3 is 0 Å². The van der Waals surface area contributed by atoms with Crippen LogP contribution in [-0.2, 0) is 0 Å². The van der Waals surface area contributed by atoms with E-state index in [1.807, 2.05) is 0 Å². The molecule has 1 fully saturated rings. The van der Waals surface area contributed by atoms with Gasteiger partial charge in [-0.05, 0) is 38.4 Å². The topological polar surface area (TPSA) is 34.1 Å². The second-order valence-corrected chi connectivity index (χ2v) is 4.32. The molecule has 0 radical (unpaired) electrons. The average molecular weight is 227 g/mol. The van der Waals surface area contributed by atoms with Gasteiger partial charge in [-0.15, -0.1) is 0 Å². The normalized spacial score (nSPS) is 26.3. The van der Waals surface area contributed by atoms with Crippen molar-refractivity contribution in [3.8, 4) is 5.88 Å². The van der Waals surface area contributed by atoms with Crippen LogP contribution in [0.15, 0.2) is 18.3 Å². The van der Waals surface area contributed by atoms with Crippen LogP contribution in [0, 0.1) is 0 Å². The van der Waals surface area contributed by atoms with Gasteiger partial charge in [0.2, 0.25) is 5.88 Å². The number of hydrogen-bond donors (Lipinski definition) is 1. The zero-order valence-electron chi connectivity index (χ0n) is 8.74. The van der Waals surface area contributed by atoms with E-state index in [1.165, 1.54) is 0 Å². The number of rotatable bonds is 2. The standard InChI is InChI=1S/C11H15ClN2O/c1-8-7-9(4-6-13-8)15-11-10(12)3-2-5-14-11/h2-3,5,8-9,13H,4,6-7H2,1H3/t8-,9+/m0/s1. The van der Waals surface area contributed by atoms with Gasteiger partial charge in [-0.25, -0.2) is 4.98 Å². The lowest BCUT2D eigenvalue weighted by atomic mass is 10.0. The minimum Gasteiger partial charge on any atom is -0.473 e. The van der Waals surface area contributed by atoms with Gasteiger partial charge in [-0.2, -0.15) is 0 Å². The van der Waals surface area contributed by atoms with Gasteiger partial charge in [-0.3, -0.25) is 0 Å². The van der Waals surface area contributed by atoms with Crippen molar-refractivity contribution in [1.82, 2.24) is 10.3 Å². The first-order valence-electron chi connectivity index (χ1n) is 5.26. The highest BCUT2D eigenvalue weighted by molar-refractivity contribution is 6.31. The summed E-state index contributed by atoms with van der Waals surface area (Å²) in [5.41, 5.74) is 0. The molecule has 1 saturated heterocycles. The fraction of sp³-hybridized carbons (Fsp3) is 0.545. The Balaban J connectivity index is 1.99. The lowest BCUT2D eigenvalue weighted by Gasteiger charge is -2.28. The molecule has 15 heavy (non-hydrogen) atoms. The van der Waals surface area contributed by atoms with Crippen molar-refractivity contribution in [1.29, 1.82) is 0 Å². The first kappa shape index (κ1) is 10.7. The molecule has 1 aromatic heterocycles. The molecule has 1 aliphatic heterocycles. The van der Waals surface area contributed by atoms with E-state index in [0.29, 0.717) is 16.9 Å². The SMILES string of the molecule is C[C@H]1C[C@H](Oc2ncccc2Cl)CCN1. The summed E-state index contributed by atoms with van der Waals surface area (Å²) in [6.07, 6.45) is 3.95. The molecule has 3 nitrogen and oxygen atoms in total. The third kappa shape index (κ3) is 2.83. The summed E-state index contributed by atoms with van der Waals surface area (Å²) in [5.74, 6) is 0.554. The second kappa shape index (κ2) is 4.81. The van der Waals surface area contributed by atoms with Crippen molar-refractivity contribution >= 4 is 11.6 Å². The molecule has 2 rings (SSSR count). The Kier molecular flexibility index (Phi) is 3.44. The van der Waals surface area contributed by atoms with Crippen molar-refractivity contribution in [2.45, 2.75) is 31.9 Å². The number of pyridine rings is 1. The molecule has 4 heteroatoms. The molecule has 0 amide bonds. The number of halogens is 1. The van der Waals surface area contributed by atoms with E-state index in [1.54, 1.807) is 18.3 Å². The van der Waals surface area contributed by atoms with E-state index < -0.39 is 0 Å². The van der Waals surface area contributed by atoms with Crippen molar-refractivity contribution in [3.63, 3.8) is 0 Å². The molecule has 0 aromatic carbocycles. The third-order valence-electron chi connectivity index (χ3n) is 2.58. The van der Waals surface area contributed by atoms with Crippen LogP contribution in [-0.4, -0.2) is 23.7 Å². The molecule has 0 bridgehead atoms. The first-order chi connectivity index (χ1) is 7.25. The first-order valence-corrected chi connectivity index (χ1v) is 5.64. The van der Waals surface area contributed by atoms with Crippen LogP contribution >= 0.6 is 11.6 Å². The largest absolute Gasteiger partial charge is 0.473 e. The minimum atomic E-state index is 0.230. The highest BCUT2D eigenvalue weighted by Gasteiger charge is 2.20. The monoisotopic (exact) mass is 226 g/mol. The highest BCUT2D eigenvalue weighted by atomic mass is 35.5. The van der Waals surface area contributed by atoms with Crippen LogP contribution < -0.4 is 10.1 Å². The molecule has 2 atom stereocenters. The third-order valence-corrected chi connectivity index (χ3v) is 2.87. The van der Waals surface area contributed by atoms with E-state index in [9.17, 15) is 0 Å². The van der Waals surface area contributed by atoms with Crippen LogP contribution in [0.5, 0.6) is 5.88 Å². The van der Waals surface area contributed by atoms with E-state index in [-0.39, 0.29) is 6.10 Å². The van der Waals surface area contributed by atoms with Gasteiger partial charge in [0.1, 0.15) is 11.1 Å². The Labute approximate surface area is 94.8 Å². The van der Waals surface area contributed by atoms with E-state index in [2.05, 4.69) is 17.2 Å². The maximum Gasteiger partial charge on any atom is 0.232 e. The van der Waals surface area contributed by atoms with E-state index in [4.69, 9.17) is 16.3 Å². The van der Waals surface area contributed by atoms with E-state index in [0.717, 1.165) is 19.4 Å². The Hall–Kier alpha value is -0.800. The summed E-state index contributed by atoms with van der Waals surface area (Å²) in [4.78, 5) is 4.12. The molecule has 1 aliphatic rings. The lowest BCUT2D eigenvalue weighted by Crippen LogP contribution is -2.40. The number of hydrogen-bond acceptors (Lipinski definition) is 3. The zero-order chi connectivity index (χ0) is 10.7. The summed E-state index contributed by atoms with van der Waals surface area (Å²) in [7, 11) is 0. The molecule has 1 aromatic rings. The van der Waals surface area contributed by atoms with Crippen molar-refractivity contribution < 1.29 is 4.74 Å². The molecule has 0 saturated carbocycles. The van der Waals surface area contributed by atoms with Gasteiger partial charge in [0.25, 0.3) is 0 Å². The van der Waals surface area contributed by atoms with Crippen LogP contribution in [0.1, 0.15) is 19.8 Å². The highest BCUT2D eigenvalue weighted by Crippen LogP contribution is 2.23. The van der Waals surface area contributed by atoms with E-state index >= 15 is 0 Å². The van der Waals surface area contributed by atoms with Crippen LogP contribution in [0.25, 0.3) is 0 Å². The lowest BCUT2D eigenvalue weighted by molar-refractivity contribution is 0.138. The molecule has 0 unspecified atom stereocenters.